The average molecular weight is 407 g/mol. The van der Waals surface area contributed by atoms with Crippen molar-refractivity contribution in [3.8, 4) is 0 Å². The largest absolute Gasteiger partial charge is 0.490 e. The fourth-order valence-corrected chi connectivity index (χ4v) is 2.96. The minimum Gasteiger partial charge on any atom is -0.461 e. The van der Waals surface area contributed by atoms with Gasteiger partial charge in [0.15, 0.2) is 11.5 Å². The number of carbonyl (C=O) groups excluding carboxylic acids is 2. The summed E-state index contributed by atoms with van der Waals surface area (Å²) in [6.45, 7) is 8.97. The van der Waals surface area contributed by atoms with E-state index in [1.807, 2.05) is 20.8 Å². The van der Waals surface area contributed by atoms with Crippen molar-refractivity contribution < 1.29 is 41.5 Å². The van der Waals surface area contributed by atoms with Crippen molar-refractivity contribution in [3.05, 3.63) is 17.0 Å². The van der Waals surface area contributed by atoms with Crippen molar-refractivity contribution in [1.82, 2.24) is 5.16 Å². The van der Waals surface area contributed by atoms with Gasteiger partial charge in [-0.15, -0.1) is 0 Å². The molecule has 7 nitrogen and oxygen atoms in total. The molecule has 0 bridgehead atoms. The van der Waals surface area contributed by atoms with Gasteiger partial charge in [-0.05, 0) is 19.3 Å². The van der Waals surface area contributed by atoms with E-state index in [1.54, 1.807) is 13.8 Å². The van der Waals surface area contributed by atoms with E-state index in [9.17, 15) is 22.8 Å². The van der Waals surface area contributed by atoms with Gasteiger partial charge in [-0.3, -0.25) is 0 Å². The van der Waals surface area contributed by atoms with Crippen LogP contribution in [0.3, 0.4) is 0 Å². The summed E-state index contributed by atoms with van der Waals surface area (Å²) in [6.07, 6.45) is -7.36. The molecule has 1 saturated heterocycles. The van der Waals surface area contributed by atoms with Gasteiger partial charge in [0.25, 0.3) is 0 Å². The molecule has 0 spiro atoms. The fourth-order valence-electron chi connectivity index (χ4n) is 2.96. The van der Waals surface area contributed by atoms with Crippen molar-refractivity contribution >= 4 is 11.9 Å². The van der Waals surface area contributed by atoms with Gasteiger partial charge >= 0.3 is 18.1 Å². The average Bonchev–Trinajstić information content (AvgIpc) is 2.94. The maximum atomic E-state index is 12.6. The van der Waals surface area contributed by atoms with Gasteiger partial charge in [-0.2, -0.15) is 13.2 Å². The van der Waals surface area contributed by atoms with Gasteiger partial charge < -0.3 is 18.7 Å². The Labute approximate surface area is 160 Å². The molecular formula is C18H24F3NO6. The van der Waals surface area contributed by atoms with Crippen molar-refractivity contribution in [2.75, 3.05) is 6.61 Å². The summed E-state index contributed by atoms with van der Waals surface area (Å²) in [5.41, 5.74) is -0.0829. The standard InChI is InChI=1S/C18H24F3NO6/c1-6-25-15(23)13-9(2)14(28-22-13)11-7-10(26-16(24)18(19,20)21)8-12(27-11)17(3,4)5/h10-12H,6-8H2,1-5H3/t10-,11-,12+/m0/s1. The van der Waals surface area contributed by atoms with E-state index in [2.05, 4.69) is 9.89 Å². The van der Waals surface area contributed by atoms with Crippen LogP contribution in [0.1, 0.15) is 68.5 Å². The van der Waals surface area contributed by atoms with E-state index in [1.165, 1.54) is 0 Å². The van der Waals surface area contributed by atoms with E-state index >= 15 is 0 Å². The summed E-state index contributed by atoms with van der Waals surface area (Å²) < 4.78 is 58.6. The molecule has 1 aromatic heterocycles. The highest BCUT2D eigenvalue weighted by Gasteiger charge is 2.46. The molecule has 2 heterocycles. The van der Waals surface area contributed by atoms with E-state index in [0.29, 0.717) is 5.56 Å². The third-order valence-electron chi connectivity index (χ3n) is 4.47. The van der Waals surface area contributed by atoms with Gasteiger partial charge in [0.2, 0.25) is 0 Å². The molecule has 0 radical (unpaired) electrons. The van der Waals surface area contributed by atoms with Crippen LogP contribution >= 0.6 is 0 Å². The molecule has 2 rings (SSSR count). The smallest absolute Gasteiger partial charge is 0.461 e. The van der Waals surface area contributed by atoms with Crippen LogP contribution in [0.15, 0.2) is 4.52 Å². The van der Waals surface area contributed by atoms with Crippen molar-refractivity contribution in [2.24, 2.45) is 5.41 Å². The first-order valence-electron chi connectivity index (χ1n) is 8.91. The monoisotopic (exact) mass is 407 g/mol. The van der Waals surface area contributed by atoms with Crippen LogP contribution in [0.5, 0.6) is 0 Å². The number of nitrogens with zero attached hydrogens (tertiary/aromatic N) is 1. The van der Waals surface area contributed by atoms with Crippen molar-refractivity contribution in [1.29, 1.82) is 0 Å². The van der Waals surface area contributed by atoms with Crippen molar-refractivity contribution in [3.63, 3.8) is 0 Å². The highest BCUT2D eigenvalue weighted by Crippen LogP contribution is 2.41. The van der Waals surface area contributed by atoms with Crippen LogP contribution in [0.4, 0.5) is 13.2 Å². The quantitative estimate of drug-likeness (QED) is 0.700. The molecule has 10 heteroatoms. The summed E-state index contributed by atoms with van der Waals surface area (Å²) in [4.78, 5) is 23.2. The number of aromatic nitrogens is 1. The maximum absolute atomic E-state index is 12.6. The minimum absolute atomic E-state index is 0.0258. The lowest BCUT2D eigenvalue weighted by atomic mass is 9.82. The Morgan fingerprint density at radius 3 is 2.39 bits per heavy atom. The van der Waals surface area contributed by atoms with Gasteiger partial charge in [0, 0.05) is 18.4 Å². The third-order valence-corrected chi connectivity index (χ3v) is 4.47. The molecule has 158 valence electrons. The molecule has 0 unspecified atom stereocenters. The molecule has 1 aromatic rings. The number of rotatable bonds is 4. The zero-order valence-electron chi connectivity index (χ0n) is 16.4. The third kappa shape index (κ3) is 5.03. The molecular weight excluding hydrogens is 383 g/mol. The van der Waals surface area contributed by atoms with E-state index in [4.69, 9.17) is 14.0 Å². The summed E-state index contributed by atoms with van der Waals surface area (Å²) in [5.74, 6) is -2.71. The van der Waals surface area contributed by atoms with Crippen LogP contribution in [-0.2, 0) is 19.0 Å². The van der Waals surface area contributed by atoms with E-state index in [-0.39, 0.29) is 30.9 Å². The van der Waals surface area contributed by atoms with Crippen LogP contribution in [-0.4, -0.2) is 42.1 Å². The number of hydrogen-bond donors (Lipinski definition) is 0. The number of hydrogen-bond acceptors (Lipinski definition) is 7. The first-order valence-corrected chi connectivity index (χ1v) is 8.91. The summed E-state index contributed by atoms with van der Waals surface area (Å²) >= 11 is 0. The number of esters is 2. The lowest BCUT2D eigenvalue weighted by molar-refractivity contribution is -0.216. The van der Waals surface area contributed by atoms with Crippen LogP contribution < -0.4 is 0 Å². The normalized spacial score (nSPS) is 23.4. The van der Waals surface area contributed by atoms with Crippen LogP contribution in [0.25, 0.3) is 0 Å². The van der Waals surface area contributed by atoms with Gasteiger partial charge in [0.1, 0.15) is 12.2 Å². The SMILES string of the molecule is CCOC(=O)c1noc([C@@H]2C[C@H](OC(=O)C(F)(F)F)C[C@H](C(C)(C)C)O2)c1C. The zero-order chi connectivity index (χ0) is 21.3. The number of halogens is 3. The Kier molecular flexibility index (Phi) is 6.42. The van der Waals surface area contributed by atoms with Crippen LogP contribution in [0, 0.1) is 12.3 Å². The Hall–Kier alpha value is -2.10. The van der Waals surface area contributed by atoms with Gasteiger partial charge in [0.05, 0.1) is 12.7 Å². The number of ether oxygens (including phenoxy) is 3. The Bertz CT molecular complexity index is 722. The zero-order valence-corrected chi connectivity index (χ0v) is 16.4. The summed E-state index contributed by atoms with van der Waals surface area (Å²) in [7, 11) is 0. The Balaban J connectivity index is 2.28. The molecule has 0 N–H and O–H groups in total. The van der Waals surface area contributed by atoms with Crippen molar-refractivity contribution in [2.45, 2.75) is 71.9 Å². The molecule has 3 atom stereocenters. The lowest BCUT2D eigenvalue weighted by Gasteiger charge is -2.40. The molecule has 1 aliphatic rings. The first-order chi connectivity index (χ1) is 12.8. The number of carbonyl (C=O) groups is 2. The molecule has 0 saturated carbocycles. The highest BCUT2D eigenvalue weighted by molar-refractivity contribution is 5.88. The molecule has 1 fully saturated rings. The molecule has 1 aliphatic heterocycles. The maximum Gasteiger partial charge on any atom is 0.490 e. The second-order valence-corrected chi connectivity index (χ2v) is 7.72. The van der Waals surface area contributed by atoms with E-state index < -0.39 is 41.8 Å². The lowest BCUT2D eigenvalue weighted by Crippen LogP contribution is -2.42. The van der Waals surface area contributed by atoms with Gasteiger partial charge in [-0.1, -0.05) is 25.9 Å². The van der Waals surface area contributed by atoms with E-state index in [0.717, 1.165) is 0 Å². The minimum atomic E-state index is -5.08. The molecule has 0 aromatic carbocycles. The Morgan fingerprint density at radius 2 is 1.86 bits per heavy atom. The number of alkyl halides is 3. The summed E-state index contributed by atoms with van der Waals surface area (Å²) in [5, 5.41) is 3.70. The second kappa shape index (κ2) is 8.10. The predicted octanol–water partition coefficient (Wildman–Crippen LogP) is 3.90. The molecule has 28 heavy (non-hydrogen) atoms. The summed E-state index contributed by atoms with van der Waals surface area (Å²) in [6, 6.07) is 0. The predicted molar refractivity (Wildman–Crippen MR) is 89.4 cm³/mol. The molecule has 0 amide bonds. The van der Waals surface area contributed by atoms with Gasteiger partial charge in [-0.25, -0.2) is 9.59 Å². The highest BCUT2D eigenvalue weighted by atomic mass is 19.4. The van der Waals surface area contributed by atoms with Crippen LogP contribution in [0.2, 0.25) is 0 Å². The fraction of sp³-hybridized carbons (Fsp3) is 0.722. The first kappa shape index (κ1) is 22.2. The molecule has 0 aliphatic carbocycles. The second-order valence-electron chi connectivity index (χ2n) is 7.72. The Morgan fingerprint density at radius 1 is 1.21 bits per heavy atom. The topological polar surface area (TPSA) is 87.9 Å².